The number of fused-ring (bicyclic) bond motifs is 3. The van der Waals surface area contributed by atoms with E-state index in [9.17, 15) is 9.90 Å². The van der Waals surface area contributed by atoms with E-state index >= 15 is 0 Å². The van der Waals surface area contributed by atoms with Gasteiger partial charge in [0.25, 0.3) is 0 Å². The Morgan fingerprint density at radius 3 is 2.71 bits per heavy atom. The zero-order valence-electron chi connectivity index (χ0n) is 16.9. The van der Waals surface area contributed by atoms with Crippen molar-refractivity contribution in [1.29, 1.82) is 0 Å². The van der Waals surface area contributed by atoms with Crippen LogP contribution < -0.4 is 20.3 Å². The maximum absolute atomic E-state index is 11.9. The highest BCUT2D eigenvalue weighted by molar-refractivity contribution is 6.34. The Balaban J connectivity index is 1.45. The van der Waals surface area contributed by atoms with Gasteiger partial charge in [-0.15, -0.1) is 0 Å². The van der Waals surface area contributed by atoms with Crippen LogP contribution in [0.2, 0.25) is 0 Å². The molecule has 1 aromatic carbocycles. The number of para-hydroxylation sites is 1. The van der Waals surface area contributed by atoms with Crippen molar-refractivity contribution in [2.45, 2.75) is 38.3 Å². The summed E-state index contributed by atoms with van der Waals surface area (Å²) >= 11 is 6.25. The maximum Gasteiger partial charge on any atom is 0.412 e. The number of nitrogens with zero attached hydrogens (tertiary/aromatic N) is 3. The number of ether oxygens (including phenoxy) is 1. The van der Waals surface area contributed by atoms with Crippen molar-refractivity contribution in [3.05, 3.63) is 57.7 Å². The van der Waals surface area contributed by atoms with Crippen LogP contribution in [0.25, 0.3) is 11.8 Å². The molecular formula is C23H23ClN4O3. The highest BCUT2D eigenvalue weighted by Gasteiger charge is 2.30. The quantitative estimate of drug-likeness (QED) is 0.754. The number of H-pyrrole nitrogens is 1. The molecular weight excluding hydrogens is 416 g/mol. The summed E-state index contributed by atoms with van der Waals surface area (Å²) in [5.74, 6) is 1.16. The molecule has 31 heavy (non-hydrogen) atoms. The number of rotatable bonds is 3. The normalized spacial score (nSPS) is 22.7. The van der Waals surface area contributed by atoms with Gasteiger partial charge in [-0.1, -0.05) is 29.8 Å². The zero-order valence-corrected chi connectivity index (χ0v) is 17.7. The number of hydrogen-bond donors (Lipinski definition) is 2. The van der Waals surface area contributed by atoms with Crippen molar-refractivity contribution < 1.29 is 14.6 Å². The molecule has 3 heterocycles. The van der Waals surface area contributed by atoms with Crippen molar-refractivity contribution in [1.82, 2.24) is 4.98 Å². The number of azo groups is 1. The summed E-state index contributed by atoms with van der Waals surface area (Å²) in [5.41, 5.74) is 2.42. The van der Waals surface area contributed by atoms with Gasteiger partial charge in [-0.2, -0.15) is 10.2 Å². The molecule has 1 aliphatic carbocycles. The highest BCUT2D eigenvalue weighted by atomic mass is 35.5. The van der Waals surface area contributed by atoms with E-state index in [0.29, 0.717) is 22.6 Å². The Bertz CT molecular complexity index is 1180. The van der Waals surface area contributed by atoms with E-state index in [-0.39, 0.29) is 18.6 Å². The highest BCUT2D eigenvalue weighted by Crippen LogP contribution is 2.34. The SMILES string of the molecule is O=C(O)N1CC=C(Cl)C=c2[nH]c3c(c21)CN=NC=3[C@H]1CC[C@@H](Oc2ccccc2)CC1. The Morgan fingerprint density at radius 2 is 1.97 bits per heavy atom. The first kappa shape index (κ1) is 19.9. The number of aromatic nitrogens is 1. The Labute approximate surface area is 184 Å². The van der Waals surface area contributed by atoms with Gasteiger partial charge in [-0.25, -0.2) is 4.79 Å². The van der Waals surface area contributed by atoms with Crippen molar-refractivity contribution in [2.24, 2.45) is 16.1 Å². The number of hydrogen-bond acceptors (Lipinski definition) is 4. The molecule has 0 radical (unpaired) electrons. The third-order valence-electron chi connectivity index (χ3n) is 6.12. The summed E-state index contributed by atoms with van der Waals surface area (Å²) in [6, 6.07) is 9.91. The van der Waals surface area contributed by atoms with E-state index in [2.05, 4.69) is 15.2 Å². The van der Waals surface area contributed by atoms with Gasteiger partial charge >= 0.3 is 6.09 Å². The molecule has 7 nitrogen and oxygen atoms in total. The molecule has 0 spiro atoms. The second kappa shape index (κ2) is 8.23. The maximum atomic E-state index is 11.9. The van der Waals surface area contributed by atoms with E-state index < -0.39 is 6.09 Å². The first-order chi connectivity index (χ1) is 15.1. The van der Waals surface area contributed by atoms with Crippen molar-refractivity contribution in [2.75, 3.05) is 11.4 Å². The molecule has 0 atom stereocenters. The molecule has 3 aliphatic rings. The summed E-state index contributed by atoms with van der Waals surface area (Å²) in [5, 5.41) is 20.7. The van der Waals surface area contributed by atoms with Gasteiger partial charge < -0.3 is 14.8 Å². The second-order valence-electron chi connectivity index (χ2n) is 8.06. The fraction of sp³-hybridized carbons (Fsp3) is 0.348. The molecule has 0 unspecified atom stereocenters. The molecule has 2 aliphatic heterocycles. The fourth-order valence-electron chi connectivity index (χ4n) is 4.64. The summed E-state index contributed by atoms with van der Waals surface area (Å²) in [6.07, 6.45) is 6.43. The number of allylic oxidation sites excluding steroid dienone is 1. The lowest BCUT2D eigenvalue weighted by atomic mass is 9.84. The number of carbonyl (C=O) groups is 1. The second-order valence-corrected chi connectivity index (χ2v) is 8.49. The van der Waals surface area contributed by atoms with Crippen molar-refractivity contribution in [3.63, 3.8) is 0 Å². The average Bonchev–Trinajstić information content (AvgIpc) is 3.03. The van der Waals surface area contributed by atoms with Gasteiger partial charge in [0.2, 0.25) is 0 Å². The molecule has 0 bridgehead atoms. The Hall–Kier alpha value is -3.06. The van der Waals surface area contributed by atoms with Crippen LogP contribution in [0.5, 0.6) is 5.75 Å². The number of nitrogens with one attached hydrogen (secondary N) is 1. The van der Waals surface area contributed by atoms with Gasteiger partial charge in [0.05, 0.1) is 34.7 Å². The van der Waals surface area contributed by atoms with E-state index in [1.165, 1.54) is 4.90 Å². The van der Waals surface area contributed by atoms with Crippen LogP contribution in [0.4, 0.5) is 10.5 Å². The van der Waals surface area contributed by atoms with Gasteiger partial charge in [-0.3, -0.25) is 4.90 Å². The van der Waals surface area contributed by atoms with Crippen LogP contribution in [-0.4, -0.2) is 28.8 Å². The van der Waals surface area contributed by atoms with E-state index in [4.69, 9.17) is 16.3 Å². The van der Waals surface area contributed by atoms with Crippen molar-refractivity contribution >= 4 is 35.2 Å². The summed E-state index contributed by atoms with van der Waals surface area (Å²) in [4.78, 5) is 16.6. The van der Waals surface area contributed by atoms with Crippen LogP contribution >= 0.6 is 11.6 Å². The summed E-state index contributed by atoms with van der Waals surface area (Å²) in [7, 11) is 0. The number of anilines is 1. The number of aromatic amines is 1. The van der Waals surface area contributed by atoms with E-state index in [1.54, 1.807) is 12.2 Å². The van der Waals surface area contributed by atoms with E-state index in [0.717, 1.165) is 48.0 Å². The summed E-state index contributed by atoms with van der Waals surface area (Å²) < 4.78 is 6.12. The largest absolute Gasteiger partial charge is 0.490 e. The average molecular weight is 439 g/mol. The first-order valence-electron chi connectivity index (χ1n) is 10.5. The van der Waals surface area contributed by atoms with Crippen molar-refractivity contribution in [3.8, 4) is 5.75 Å². The third kappa shape index (κ3) is 3.85. The molecule has 160 valence electrons. The Kier molecular flexibility index (Phi) is 5.28. The molecule has 2 aromatic rings. The third-order valence-corrected chi connectivity index (χ3v) is 6.39. The summed E-state index contributed by atoms with van der Waals surface area (Å²) in [6.45, 7) is 0.558. The molecule has 0 saturated heterocycles. The van der Waals surface area contributed by atoms with Gasteiger partial charge in [-0.05, 0) is 50.0 Å². The minimum Gasteiger partial charge on any atom is -0.490 e. The van der Waals surface area contributed by atoms with Crippen LogP contribution in [0.3, 0.4) is 0 Å². The molecule has 8 heteroatoms. The van der Waals surface area contributed by atoms with Gasteiger partial charge in [0.15, 0.2) is 0 Å². The molecule has 1 aromatic heterocycles. The molecule has 1 amide bonds. The predicted molar refractivity (Wildman–Crippen MR) is 119 cm³/mol. The lowest BCUT2D eigenvalue weighted by Gasteiger charge is -2.29. The fourth-order valence-corrected chi connectivity index (χ4v) is 4.82. The topological polar surface area (TPSA) is 90.3 Å². The first-order valence-corrected chi connectivity index (χ1v) is 10.9. The number of halogens is 1. The van der Waals surface area contributed by atoms with Crippen LogP contribution in [-0.2, 0) is 6.54 Å². The lowest BCUT2D eigenvalue weighted by molar-refractivity contribution is 0.142. The minimum atomic E-state index is -1.01. The van der Waals surface area contributed by atoms with Gasteiger partial charge in [0.1, 0.15) is 5.75 Å². The van der Waals surface area contributed by atoms with Gasteiger partial charge in [0, 0.05) is 23.1 Å². The predicted octanol–water partition coefficient (Wildman–Crippen LogP) is 4.13. The zero-order chi connectivity index (χ0) is 21.4. The van der Waals surface area contributed by atoms with E-state index in [1.807, 2.05) is 30.3 Å². The number of carboxylic acid groups (broad SMARTS) is 1. The minimum absolute atomic E-state index is 0.194. The molecule has 1 fully saturated rings. The molecule has 5 rings (SSSR count). The Morgan fingerprint density at radius 1 is 1.19 bits per heavy atom. The molecule has 2 N–H and O–H groups in total. The number of benzene rings is 1. The smallest absolute Gasteiger partial charge is 0.412 e. The van der Waals surface area contributed by atoms with Crippen LogP contribution in [0.1, 0.15) is 31.2 Å². The monoisotopic (exact) mass is 438 g/mol. The van der Waals surface area contributed by atoms with Crippen LogP contribution in [0, 0.1) is 5.92 Å². The standard InChI is InChI=1S/C23H23ClN4O3/c24-15-10-11-28(23(29)30)22-18-13-25-27-20(21(18)26-19(22)12-15)14-6-8-17(9-7-14)31-16-4-2-1-3-5-16/h1-5,10,12,14,17,26H,6-9,11,13H2,(H,29,30)/t14-,17+. The number of amides is 1. The van der Waals surface area contributed by atoms with Crippen LogP contribution in [0.15, 0.2) is 51.7 Å². The lowest BCUT2D eigenvalue weighted by Crippen LogP contribution is -2.33. The molecule has 1 saturated carbocycles.